The largest absolute Gasteiger partial charge is 0.350 e. The molecule has 0 saturated heterocycles. The first-order valence-electron chi connectivity index (χ1n) is 5.05. The van der Waals surface area contributed by atoms with Crippen LogP contribution < -0.4 is 16.6 Å². The number of primary amides is 1. The summed E-state index contributed by atoms with van der Waals surface area (Å²) < 4.78 is 0. The molecule has 0 heterocycles. The van der Waals surface area contributed by atoms with Crippen LogP contribution in [0.5, 0.6) is 0 Å². The molecule has 5 nitrogen and oxygen atoms in total. The number of hydrazine groups is 1. The Morgan fingerprint density at radius 2 is 1.64 bits per heavy atom. The third-order valence-corrected chi connectivity index (χ3v) is 3.27. The van der Waals surface area contributed by atoms with E-state index in [9.17, 15) is 9.59 Å². The van der Waals surface area contributed by atoms with E-state index in [-0.39, 0.29) is 11.8 Å². The number of rotatable bonds is 1. The van der Waals surface area contributed by atoms with Crippen LogP contribution in [0.15, 0.2) is 0 Å². The number of carbonyl (C=O) groups excluding carboxylic acids is 2. The van der Waals surface area contributed by atoms with Crippen LogP contribution in [0, 0.1) is 17.8 Å². The zero-order chi connectivity index (χ0) is 10.1. The first-order valence-corrected chi connectivity index (χ1v) is 5.05. The molecule has 0 spiro atoms. The number of carbonyl (C=O) groups is 2. The van der Waals surface area contributed by atoms with Gasteiger partial charge < -0.3 is 5.73 Å². The molecule has 2 rings (SSSR count). The third-order valence-electron chi connectivity index (χ3n) is 3.27. The second-order valence-corrected chi connectivity index (χ2v) is 4.12. The van der Waals surface area contributed by atoms with E-state index in [2.05, 4.69) is 10.9 Å². The molecule has 0 bridgehead atoms. The minimum absolute atomic E-state index is 0.0827. The van der Waals surface area contributed by atoms with Crippen LogP contribution in [0.1, 0.15) is 25.7 Å². The topological polar surface area (TPSA) is 84.2 Å². The summed E-state index contributed by atoms with van der Waals surface area (Å²) in [7, 11) is 0. The van der Waals surface area contributed by atoms with Gasteiger partial charge in [0.25, 0.3) is 0 Å². The van der Waals surface area contributed by atoms with Gasteiger partial charge >= 0.3 is 6.03 Å². The summed E-state index contributed by atoms with van der Waals surface area (Å²) in [6.45, 7) is 0. The predicted octanol–water partition coefficient (Wildman–Crippen LogP) is 0.122. The molecular weight excluding hydrogens is 182 g/mol. The lowest BCUT2D eigenvalue weighted by molar-refractivity contribution is -0.123. The van der Waals surface area contributed by atoms with Crippen molar-refractivity contribution in [3.05, 3.63) is 0 Å². The van der Waals surface area contributed by atoms with Gasteiger partial charge in [0.15, 0.2) is 0 Å². The van der Waals surface area contributed by atoms with Crippen molar-refractivity contribution in [2.45, 2.75) is 25.7 Å². The molecule has 0 aromatic heterocycles. The van der Waals surface area contributed by atoms with Gasteiger partial charge in [-0.1, -0.05) is 12.8 Å². The lowest BCUT2D eigenvalue weighted by Gasteiger charge is -2.04. The van der Waals surface area contributed by atoms with Gasteiger partial charge in [0.1, 0.15) is 0 Å². The molecule has 2 fully saturated rings. The Morgan fingerprint density at radius 3 is 2.14 bits per heavy atom. The van der Waals surface area contributed by atoms with Crippen molar-refractivity contribution >= 4 is 11.9 Å². The highest BCUT2D eigenvalue weighted by Crippen LogP contribution is 2.55. The van der Waals surface area contributed by atoms with Crippen LogP contribution in [0.4, 0.5) is 4.79 Å². The second kappa shape index (κ2) is 3.48. The lowest BCUT2D eigenvalue weighted by Crippen LogP contribution is -2.45. The average molecular weight is 197 g/mol. The molecule has 0 aromatic rings. The molecule has 2 unspecified atom stereocenters. The predicted molar refractivity (Wildman–Crippen MR) is 49.8 cm³/mol. The van der Waals surface area contributed by atoms with Gasteiger partial charge in [-0.25, -0.2) is 10.2 Å². The Kier molecular flexibility index (Phi) is 2.31. The van der Waals surface area contributed by atoms with E-state index in [1.807, 2.05) is 0 Å². The van der Waals surface area contributed by atoms with Crippen molar-refractivity contribution in [1.82, 2.24) is 10.9 Å². The molecule has 3 amide bonds. The SMILES string of the molecule is NC(=O)NNC(=O)C1C2CCCCC21. The van der Waals surface area contributed by atoms with Gasteiger partial charge in [-0.15, -0.1) is 0 Å². The van der Waals surface area contributed by atoms with Crippen LogP contribution in [-0.2, 0) is 4.79 Å². The Bertz CT molecular complexity index is 255. The highest BCUT2D eigenvalue weighted by atomic mass is 16.2. The van der Waals surface area contributed by atoms with Crippen LogP contribution >= 0.6 is 0 Å². The first-order chi connectivity index (χ1) is 6.70. The molecule has 78 valence electrons. The molecule has 0 aliphatic heterocycles. The van der Waals surface area contributed by atoms with E-state index in [4.69, 9.17) is 5.73 Å². The number of fused-ring (bicyclic) bond motifs is 1. The third kappa shape index (κ3) is 1.66. The van der Waals surface area contributed by atoms with Crippen LogP contribution in [-0.4, -0.2) is 11.9 Å². The quantitative estimate of drug-likeness (QED) is 0.522. The molecule has 4 N–H and O–H groups in total. The number of hydrogen-bond acceptors (Lipinski definition) is 2. The minimum atomic E-state index is -0.720. The zero-order valence-corrected chi connectivity index (χ0v) is 7.95. The van der Waals surface area contributed by atoms with Gasteiger partial charge in [-0.3, -0.25) is 10.2 Å². The molecule has 2 aliphatic carbocycles. The molecule has 2 aliphatic rings. The Balaban J connectivity index is 1.79. The Morgan fingerprint density at radius 1 is 1.07 bits per heavy atom. The number of urea groups is 1. The summed E-state index contributed by atoms with van der Waals surface area (Å²) >= 11 is 0. The summed E-state index contributed by atoms with van der Waals surface area (Å²) in [5.74, 6) is 1.14. The standard InChI is InChI=1S/C9H15N3O2/c10-9(14)12-11-8(13)7-5-3-1-2-4-6(5)7/h5-7H,1-4H2,(H,11,13)(H3,10,12,14). The normalized spacial score (nSPS) is 34.1. The fraction of sp³-hybridized carbons (Fsp3) is 0.778. The van der Waals surface area contributed by atoms with Crippen LogP contribution in [0.25, 0.3) is 0 Å². The summed E-state index contributed by atoms with van der Waals surface area (Å²) in [5.41, 5.74) is 9.30. The van der Waals surface area contributed by atoms with Crippen LogP contribution in [0.3, 0.4) is 0 Å². The summed E-state index contributed by atoms with van der Waals surface area (Å²) in [4.78, 5) is 21.9. The molecule has 2 atom stereocenters. The molecule has 14 heavy (non-hydrogen) atoms. The minimum Gasteiger partial charge on any atom is -0.350 e. The van der Waals surface area contributed by atoms with E-state index in [0.29, 0.717) is 11.8 Å². The number of hydrogen-bond donors (Lipinski definition) is 3. The van der Waals surface area contributed by atoms with Crippen molar-refractivity contribution in [3.63, 3.8) is 0 Å². The molecular formula is C9H15N3O2. The number of amides is 3. The maximum atomic E-state index is 11.5. The summed E-state index contributed by atoms with van der Waals surface area (Å²) in [6.07, 6.45) is 4.76. The van der Waals surface area contributed by atoms with Crippen LogP contribution in [0.2, 0.25) is 0 Å². The highest BCUT2D eigenvalue weighted by molar-refractivity contribution is 5.84. The highest BCUT2D eigenvalue weighted by Gasteiger charge is 2.54. The van der Waals surface area contributed by atoms with E-state index < -0.39 is 6.03 Å². The van der Waals surface area contributed by atoms with Gasteiger partial charge in [0, 0.05) is 5.92 Å². The van der Waals surface area contributed by atoms with E-state index in [1.165, 1.54) is 12.8 Å². The maximum absolute atomic E-state index is 11.5. The van der Waals surface area contributed by atoms with Gasteiger partial charge in [-0.2, -0.15) is 0 Å². The number of nitrogens with two attached hydrogens (primary N) is 1. The van der Waals surface area contributed by atoms with Crippen molar-refractivity contribution in [2.24, 2.45) is 23.5 Å². The summed E-state index contributed by atoms with van der Waals surface area (Å²) in [5, 5.41) is 0. The fourth-order valence-electron chi connectivity index (χ4n) is 2.59. The second-order valence-electron chi connectivity index (χ2n) is 4.12. The first kappa shape index (κ1) is 9.30. The molecule has 5 heteroatoms. The number of nitrogens with one attached hydrogen (secondary N) is 2. The maximum Gasteiger partial charge on any atom is 0.330 e. The van der Waals surface area contributed by atoms with E-state index in [0.717, 1.165) is 12.8 Å². The molecule has 0 aromatic carbocycles. The lowest BCUT2D eigenvalue weighted by atomic mass is 10.0. The van der Waals surface area contributed by atoms with Crippen molar-refractivity contribution in [2.75, 3.05) is 0 Å². The monoisotopic (exact) mass is 197 g/mol. The average Bonchev–Trinajstić information content (AvgIpc) is 2.88. The fourth-order valence-corrected chi connectivity index (χ4v) is 2.59. The van der Waals surface area contributed by atoms with Crippen molar-refractivity contribution in [1.29, 1.82) is 0 Å². The van der Waals surface area contributed by atoms with Gasteiger partial charge in [-0.05, 0) is 24.7 Å². The van der Waals surface area contributed by atoms with Crippen molar-refractivity contribution in [3.8, 4) is 0 Å². The van der Waals surface area contributed by atoms with E-state index >= 15 is 0 Å². The molecule has 2 saturated carbocycles. The van der Waals surface area contributed by atoms with E-state index in [1.54, 1.807) is 0 Å². The Hall–Kier alpha value is -1.26. The smallest absolute Gasteiger partial charge is 0.330 e. The van der Waals surface area contributed by atoms with Crippen molar-refractivity contribution < 1.29 is 9.59 Å². The molecule has 0 radical (unpaired) electrons. The zero-order valence-electron chi connectivity index (χ0n) is 7.95. The Labute approximate surface area is 82.4 Å². The van der Waals surface area contributed by atoms with Gasteiger partial charge in [0.05, 0.1) is 0 Å². The summed E-state index contributed by atoms with van der Waals surface area (Å²) in [6, 6.07) is -0.720. The van der Waals surface area contributed by atoms with Gasteiger partial charge in [0.2, 0.25) is 5.91 Å².